The van der Waals surface area contributed by atoms with Crippen LogP contribution >= 0.6 is 0 Å². The summed E-state index contributed by atoms with van der Waals surface area (Å²) in [5.41, 5.74) is -9.01. The quantitative estimate of drug-likeness (QED) is 0.408. The van der Waals surface area contributed by atoms with Crippen LogP contribution in [0.15, 0.2) is 0 Å². The number of hydrogen-bond donors (Lipinski definition) is 5. The highest BCUT2D eigenvalue weighted by atomic mass is 16.4. The van der Waals surface area contributed by atoms with Crippen LogP contribution in [0.3, 0.4) is 0 Å². The Morgan fingerprint density at radius 1 is 0.941 bits per heavy atom. The molecule has 0 aliphatic rings. The van der Waals surface area contributed by atoms with Crippen LogP contribution < -0.4 is 0 Å². The Balaban J connectivity index is 5.69. The molecule has 17 heavy (non-hydrogen) atoms. The first-order chi connectivity index (χ1) is 7.25. The van der Waals surface area contributed by atoms with Gasteiger partial charge < -0.3 is 25.5 Å². The molecule has 0 fully saturated rings. The molecule has 0 radical (unpaired) electrons. The van der Waals surface area contributed by atoms with E-state index in [0.717, 1.165) is 34.6 Å². The van der Waals surface area contributed by atoms with Crippen LogP contribution in [0.25, 0.3) is 0 Å². The van der Waals surface area contributed by atoms with Gasteiger partial charge in [-0.3, -0.25) is 4.79 Å². The van der Waals surface area contributed by atoms with Gasteiger partial charge in [-0.05, 0) is 34.6 Å². The predicted molar refractivity (Wildman–Crippen MR) is 60.3 cm³/mol. The van der Waals surface area contributed by atoms with Gasteiger partial charge in [0.2, 0.25) is 0 Å². The van der Waals surface area contributed by atoms with Crippen LogP contribution in [0, 0.1) is 0 Å². The average Bonchev–Trinajstić information content (AvgIpc) is 2.16. The molecule has 6 nitrogen and oxygen atoms in total. The summed E-state index contributed by atoms with van der Waals surface area (Å²) in [4.78, 5) is 11.3. The predicted octanol–water partition coefficient (Wildman–Crippen LogP) is -1.43. The Labute approximate surface area is 101 Å². The third-order valence-corrected chi connectivity index (χ3v) is 3.94. The molecular weight excluding hydrogens is 228 g/mol. The molecule has 0 aliphatic heterocycles. The zero-order valence-corrected chi connectivity index (χ0v) is 10.9. The summed E-state index contributed by atoms with van der Waals surface area (Å²) in [7, 11) is 0. The van der Waals surface area contributed by atoms with Gasteiger partial charge in [0, 0.05) is 0 Å². The van der Waals surface area contributed by atoms with Crippen LogP contribution in [0.1, 0.15) is 34.6 Å². The van der Waals surface area contributed by atoms with Crippen molar-refractivity contribution in [2.24, 2.45) is 0 Å². The lowest BCUT2D eigenvalue weighted by Crippen LogP contribution is -2.74. The molecule has 102 valence electrons. The molecule has 4 atom stereocenters. The second-order valence-electron chi connectivity index (χ2n) is 5.20. The van der Waals surface area contributed by atoms with Gasteiger partial charge in [0.1, 0.15) is 16.8 Å². The van der Waals surface area contributed by atoms with E-state index in [4.69, 9.17) is 5.11 Å². The van der Waals surface area contributed by atoms with Crippen molar-refractivity contribution >= 4 is 5.78 Å². The zero-order valence-electron chi connectivity index (χ0n) is 10.9. The van der Waals surface area contributed by atoms with Crippen molar-refractivity contribution in [3.63, 3.8) is 0 Å². The molecule has 0 bridgehead atoms. The maximum Gasteiger partial charge on any atom is 0.164 e. The minimum atomic E-state index is -2.35. The summed E-state index contributed by atoms with van der Waals surface area (Å²) in [5, 5.41) is 49.2. The molecule has 0 spiro atoms. The monoisotopic (exact) mass is 250 g/mol. The summed E-state index contributed by atoms with van der Waals surface area (Å²) >= 11 is 0. The summed E-state index contributed by atoms with van der Waals surface area (Å²) < 4.78 is 0. The first kappa shape index (κ1) is 16.5. The molecule has 0 amide bonds. The van der Waals surface area contributed by atoms with Crippen molar-refractivity contribution in [1.82, 2.24) is 0 Å². The van der Waals surface area contributed by atoms with Crippen molar-refractivity contribution in [1.29, 1.82) is 0 Å². The molecule has 6 heteroatoms. The lowest BCUT2D eigenvalue weighted by molar-refractivity contribution is -0.278. The number of carbonyl (C=O) groups excluding carboxylic acids is 1. The summed E-state index contributed by atoms with van der Waals surface area (Å²) in [5.74, 6) is -0.767. The molecular formula is C11H22O6. The molecule has 0 saturated heterocycles. The minimum Gasteiger partial charge on any atom is -0.393 e. The fourth-order valence-electron chi connectivity index (χ4n) is 1.50. The number of aliphatic hydroxyl groups excluding tert-OH is 1. The van der Waals surface area contributed by atoms with Gasteiger partial charge in [-0.25, -0.2) is 0 Å². The number of Topliss-reactive ketones (excluding diaryl/α,β-unsaturated/α-hetero) is 1. The van der Waals surface area contributed by atoms with Crippen LogP contribution in [-0.4, -0.2) is 60.3 Å². The Hall–Kier alpha value is -0.530. The lowest BCUT2D eigenvalue weighted by atomic mass is 9.65. The van der Waals surface area contributed by atoms with Crippen LogP contribution in [0.2, 0.25) is 0 Å². The third-order valence-electron chi connectivity index (χ3n) is 3.94. The van der Waals surface area contributed by atoms with Crippen molar-refractivity contribution < 1.29 is 30.3 Å². The van der Waals surface area contributed by atoms with E-state index in [1.807, 2.05) is 0 Å². The lowest BCUT2D eigenvalue weighted by Gasteiger charge is -2.51. The van der Waals surface area contributed by atoms with Gasteiger partial charge in [-0.1, -0.05) is 0 Å². The van der Waals surface area contributed by atoms with Crippen molar-refractivity contribution in [2.45, 2.75) is 57.0 Å². The second-order valence-corrected chi connectivity index (χ2v) is 5.20. The van der Waals surface area contributed by atoms with E-state index in [9.17, 15) is 25.2 Å². The third kappa shape index (κ3) is 2.23. The highest BCUT2D eigenvalue weighted by molar-refractivity contribution is 5.86. The Bertz CT molecular complexity index is 303. The topological polar surface area (TPSA) is 118 Å². The summed E-state index contributed by atoms with van der Waals surface area (Å²) in [6.45, 7) is 4.41. The minimum absolute atomic E-state index is 0.767. The maximum absolute atomic E-state index is 11.3. The van der Waals surface area contributed by atoms with Gasteiger partial charge >= 0.3 is 0 Å². The summed E-state index contributed by atoms with van der Waals surface area (Å²) in [6, 6.07) is 0. The van der Waals surface area contributed by atoms with Gasteiger partial charge in [0.15, 0.2) is 11.4 Å². The number of aliphatic hydroxyl groups is 5. The van der Waals surface area contributed by atoms with Crippen molar-refractivity contribution in [2.75, 3.05) is 6.61 Å². The highest BCUT2D eigenvalue weighted by Crippen LogP contribution is 2.39. The normalized spacial score (nSPS) is 26.2. The van der Waals surface area contributed by atoms with Crippen LogP contribution in [-0.2, 0) is 4.79 Å². The fourth-order valence-corrected chi connectivity index (χ4v) is 1.50. The zero-order chi connectivity index (χ0) is 14.3. The van der Waals surface area contributed by atoms with E-state index in [-0.39, 0.29) is 0 Å². The largest absolute Gasteiger partial charge is 0.393 e. The molecule has 0 rings (SSSR count). The number of ketones is 1. The number of carbonyl (C=O) groups is 1. The summed E-state index contributed by atoms with van der Waals surface area (Å²) in [6.07, 6.45) is 0. The molecule has 0 saturated carbocycles. The number of hydrogen-bond acceptors (Lipinski definition) is 6. The SMILES string of the molecule is CC(=O)[C@](C)(O)[C@@](C)(O)[C@](C)(O)[C@](C)(O)CO. The maximum atomic E-state index is 11.3. The van der Waals surface area contributed by atoms with Crippen LogP contribution in [0.4, 0.5) is 0 Å². The van der Waals surface area contributed by atoms with Gasteiger partial charge in [0.25, 0.3) is 0 Å². The second kappa shape index (κ2) is 4.29. The number of rotatable bonds is 5. The molecule has 0 aromatic rings. The highest BCUT2D eigenvalue weighted by Gasteiger charge is 2.63. The molecule has 0 unspecified atom stereocenters. The standard InChI is InChI=1S/C11H22O6/c1-7(13)9(3,15)11(5,17)10(4,16)8(2,14)6-12/h12,14-17H,6H2,1-5H3/t8-,9+,10-,11-/m1/s1. The molecule has 0 heterocycles. The Morgan fingerprint density at radius 2 is 1.29 bits per heavy atom. The van der Waals surface area contributed by atoms with E-state index >= 15 is 0 Å². The molecule has 5 N–H and O–H groups in total. The van der Waals surface area contributed by atoms with Gasteiger partial charge in [-0.2, -0.15) is 0 Å². The van der Waals surface area contributed by atoms with E-state index in [0.29, 0.717) is 0 Å². The van der Waals surface area contributed by atoms with Crippen LogP contribution in [0.5, 0.6) is 0 Å². The molecule has 0 aliphatic carbocycles. The van der Waals surface area contributed by atoms with Gasteiger partial charge in [0.05, 0.1) is 6.61 Å². The first-order valence-electron chi connectivity index (χ1n) is 5.27. The smallest absolute Gasteiger partial charge is 0.164 e. The first-order valence-corrected chi connectivity index (χ1v) is 5.27. The van der Waals surface area contributed by atoms with Crippen molar-refractivity contribution in [3.05, 3.63) is 0 Å². The fraction of sp³-hybridized carbons (Fsp3) is 0.909. The molecule has 0 aromatic carbocycles. The van der Waals surface area contributed by atoms with E-state index in [2.05, 4.69) is 0 Å². The van der Waals surface area contributed by atoms with Crippen molar-refractivity contribution in [3.8, 4) is 0 Å². The molecule has 0 aromatic heterocycles. The average molecular weight is 250 g/mol. The van der Waals surface area contributed by atoms with E-state index < -0.39 is 34.8 Å². The van der Waals surface area contributed by atoms with Gasteiger partial charge in [-0.15, -0.1) is 0 Å². The van der Waals surface area contributed by atoms with E-state index in [1.54, 1.807) is 0 Å². The Morgan fingerprint density at radius 3 is 1.53 bits per heavy atom. The Kier molecular flexibility index (Phi) is 4.16. The van der Waals surface area contributed by atoms with E-state index in [1.165, 1.54) is 0 Å².